The zero-order valence-electron chi connectivity index (χ0n) is 11.9. The summed E-state index contributed by atoms with van der Waals surface area (Å²) in [5, 5.41) is 9.05. The minimum atomic E-state index is -3.53. The van der Waals surface area contributed by atoms with E-state index in [9.17, 15) is 13.5 Å². The van der Waals surface area contributed by atoms with Crippen LogP contribution in [0.1, 0.15) is 20.8 Å². The SMILES string of the molecule is CSC(CO)C(C)NS(=O)(=O)N1CC(C)OC(C)C1. The van der Waals surface area contributed by atoms with Crippen LogP contribution in [0, 0.1) is 0 Å². The smallest absolute Gasteiger partial charge is 0.279 e. The van der Waals surface area contributed by atoms with E-state index in [1.54, 1.807) is 6.92 Å². The minimum absolute atomic E-state index is 0.0548. The van der Waals surface area contributed by atoms with Crippen LogP contribution >= 0.6 is 11.8 Å². The van der Waals surface area contributed by atoms with E-state index in [-0.39, 0.29) is 30.1 Å². The van der Waals surface area contributed by atoms with E-state index in [0.717, 1.165) is 0 Å². The van der Waals surface area contributed by atoms with Gasteiger partial charge in [-0.25, -0.2) is 0 Å². The molecule has 19 heavy (non-hydrogen) atoms. The first kappa shape index (κ1) is 17.2. The molecule has 1 rings (SSSR count). The molecule has 8 heteroatoms. The molecular formula is C11H24N2O4S2. The molecule has 4 atom stereocenters. The molecule has 1 aliphatic heterocycles. The Morgan fingerprint density at radius 2 is 1.95 bits per heavy atom. The molecule has 114 valence electrons. The number of rotatable bonds is 6. The molecular weight excluding hydrogens is 288 g/mol. The van der Waals surface area contributed by atoms with E-state index >= 15 is 0 Å². The van der Waals surface area contributed by atoms with Gasteiger partial charge in [-0.3, -0.25) is 0 Å². The Labute approximate surface area is 120 Å². The molecule has 0 saturated carbocycles. The fourth-order valence-electron chi connectivity index (χ4n) is 2.15. The van der Waals surface area contributed by atoms with E-state index in [1.807, 2.05) is 20.1 Å². The molecule has 0 aromatic carbocycles. The number of morpholine rings is 1. The molecule has 2 N–H and O–H groups in total. The molecule has 0 spiro atoms. The van der Waals surface area contributed by atoms with Crippen LogP contribution in [0.25, 0.3) is 0 Å². The molecule has 1 heterocycles. The molecule has 0 bridgehead atoms. The number of thioether (sulfide) groups is 1. The summed E-state index contributed by atoms with van der Waals surface area (Å²) in [5.74, 6) is 0. The lowest BCUT2D eigenvalue weighted by molar-refractivity contribution is -0.0444. The highest BCUT2D eigenvalue weighted by Gasteiger charge is 2.32. The summed E-state index contributed by atoms with van der Waals surface area (Å²) in [6.07, 6.45) is 1.64. The van der Waals surface area contributed by atoms with Crippen molar-refractivity contribution in [2.75, 3.05) is 26.0 Å². The van der Waals surface area contributed by atoms with Crippen molar-refractivity contribution in [1.82, 2.24) is 9.03 Å². The zero-order valence-corrected chi connectivity index (χ0v) is 13.5. The summed E-state index contributed by atoms with van der Waals surface area (Å²) in [6, 6.07) is -0.321. The van der Waals surface area contributed by atoms with Crippen LogP contribution in [-0.2, 0) is 14.9 Å². The van der Waals surface area contributed by atoms with Crippen molar-refractivity contribution in [3.8, 4) is 0 Å². The van der Waals surface area contributed by atoms with Gasteiger partial charge in [-0.05, 0) is 27.0 Å². The molecule has 4 unspecified atom stereocenters. The van der Waals surface area contributed by atoms with Gasteiger partial charge in [0.2, 0.25) is 0 Å². The number of nitrogens with zero attached hydrogens (tertiary/aromatic N) is 1. The van der Waals surface area contributed by atoms with Crippen LogP contribution < -0.4 is 4.72 Å². The molecule has 6 nitrogen and oxygen atoms in total. The van der Waals surface area contributed by atoms with Crippen LogP contribution in [0.5, 0.6) is 0 Å². The molecule has 0 aromatic heterocycles. The highest BCUT2D eigenvalue weighted by Crippen LogP contribution is 2.16. The molecule has 1 saturated heterocycles. The maximum absolute atomic E-state index is 12.3. The number of ether oxygens (including phenoxy) is 1. The fraction of sp³-hybridized carbons (Fsp3) is 1.00. The van der Waals surface area contributed by atoms with E-state index in [2.05, 4.69) is 4.72 Å². The van der Waals surface area contributed by atoms with Gasteiger partial charge in [0.05, 0.1) is 18.8 Å². The predicted octanol–water partition coefficient (Wildman–Crippen LogP) is 0.0424. The monoisotopic (exact) mass is 312 g/mol. The fourth-order valence-corrected chi connectivity index (χ4v) is 4.46. The second kappa shape index (κ2) is 7.24. The van der Waals surface area contributed by atoms with E-state index < -0.39 is 10.2 Å². The second-order valence-electron chi connectivity index (χ2n) is 4.94. The Kier molecular flexibility index (Phi) is 6.55. The van der Waals surface area contributed by atoms with Crippen molar-refractivity contribution in [1.29, 1.82) is 0 Å². The molecule has 0 aromatic rings. The Morgan fingerprint density at radius 3 is 2.37 bits per heavy atom. The van der Waals surface area contributed by atoms with Crippen LogP contribution in [-0.4, -0.2) is 67.3 Å². The first-order chi connectivity index (χ1) is 8.80. The number of aliphatic hydroxyl groups excluding tert-OH is 1. The van der Waals surface area contributed by atoms with E-state index in [0.29, 0.717) is 13.1 Å². The Hall–Kier alpha value is 0.140. The maximum atomic E-state index is 12.3. The lowest BCUT2D eigenvalue weighted by Gasteiger charge is -2.35. The third-order valence-electron chi connectivity index (χ3n) is 3.10. The van der Waals surface area contributed by atoms with Gasteiger partial charge < -0.3 is 9.84 Å². The largest absolute Gasteiger partial charge is 0.395 e. The van der Waals surface area contributed by atoms with Crippen molar-refractivity contribution in [2.45, 2.75) is 44.3 Å². The highest BCUT2D eigenvalue weighted by atomic mass is 32.2. The summed E-state index contributed by atoms with van der Waals surface area (Å²) in [4.78, 5) is 0. The zero-order chi connectivity index (χ0) is 14.6. The standard InChI is InChI=1S/C11H24N2O4S2/c1-8-5-13(6-9(2)17-8)19(15,16)12-10(3)11(7-14)18-4/h8-12,14H,5-7H2,1-4H3. The molecule has 1 fully saturated rings. The number of hydrogen-bond acceptors (Lipinski definition) is 5. The van der Waals surface area contributed by atoms with Gasteiger partial charge in [0.15, 0.2) is 0 Å². The van der Waals surface area contributed by atoms with Crippen molar-refractivity contribution < 1.29 is 18.3 Å². The van der Waals surface area contributed by atoms with Crippen molar-refractivity contribution >= 4 is 22.0 Å². The number of nitrogens with one attached hydrogen (secondary N) is 1. The Morgan fingerprint density at radius 1 is 1.42 bits per heavy atom. The van der Waals surface area contributed by atoms with Crippen molar-refractivity contribution in [3.63, 3.8) is 0 Å². The van der Waals surface area contributed by atoms with Crippen LogP contribution in [0.15, 0.2) is 0 Å². The molecule has 0 aliphatic carbocycles. The van der Waals surface area contributed by atoms with Gasteiger partial charge in [-0.1, -0.05) is 0 Å². The van der Waals surface area contributed by atoms with Gasteiger partial charge in [0.25, 0.3) is 10.2 Å². The summed E-state index contributed by atoms with van der Waals surface area (Å²) in [5.41, 5.74) is 0. The normalized spacial score (nSPS) is 29.1. The molecule has 0 amide bonds. The van der Waals surface area contributed by atoms with Gasteiger partial charge in [0, 0.05) is 24.4 Å². The van der Waals surface area contributed by atoms with E-state index in [4.69, 9.17) is 4.74 Å². The third kappa shape index (κ3) is 4.87. The van der Waals surface area contributed by atoms with Crippen LogP contribution in [0.2, 0.25) is 0 Å². The van der Waals surface area contributed by atoms with Gasteiger partial charge >= 0.3 is 0 Å². The summed E-state index contributed by atoms with van der Waals surface area (Å²) >= 11 is 1.45. The topological polar surface area (TPSA) is 78.9 Å². The van der Waals surface area contributed by atoms with Gasteiger partial charge in [-0.2, -0.15) is 29.2 Å². The average Bonchev–Trinajstić information content (AvgIpc) is 2.28. The summed E-state index contributed by atoms with van der Waals surface area (Å²) in [7, 11) is -3.53. The Balaban J connectivity index is 2.69. The predicted molar refractivity (Wildman–Crippen MR) is 77.5 cm³/mol. The summed E-state index contributed by atoms with van der Waals surface area (Å²) in [6.45, 7) is 6.15. The van der Waals surface area contributed by atoms with Crippen LogP contribution in [0.3, 0.4) is 0 Å². The third-order valence-corrected chi connectivity index (χ3v) is 5.91. The molecule has 0 radical (unpaired) electrons. The maximum Gasteiger partial charge on any atom is 0.279 e. The lowest BCUT2D eigenvalue weighted by atomic mass is 10.3. The molecule has 1 aliphatic rings. The second-order valence-corrected chi connectivity index (χ2v) is 7.72. The van der Waals surface area contributed by atoms with Gasteiger partial charge in [-0.15, -0.1) is 0 Å². The average molecular weight is 312 g/mol. The van der Waals surface area contributed by atoms with Crippen LogP contribution in [0.4, 0.5) is 0 Å². The quantitative estimate of drug-likeness (QED) is 0.724. The first-order valence-corrected chi connectivity index (χ1v) is 9.09. The summed E-state index contributed by atoms with van der Waals surface area (Å²) < 4.78 is 34.2. The minimum Gasteiger partial charge on any atom is -0.395 e. The van der Waals surface area contributed by atoms with Crippen molar-refractivity contribution in [2.24, 2.45) is 0 Å². The first-order valence-electron chi connectivity index (χ1n) is 6.36. The van der Waals surface area contributed by atoms with E-state index in [1.165, 1.54) is 16.1 Å². The van der Waals surface area contributed by atoms with Crippen molar-refractivity contribution in [3.05, 3.63) is 0 Å². The lowest BCUT2D eigenvalue weighted by Crippen LogP contribution is -2.54. The number of aliphatic hydroxyl groups is 1. The highest BCUT2D eigenvalue weighted by molar-refractivity contribution is 7.99. The Bertz CT molecular complexity index is 363. The number of hydrogen-bond donors (Lipinski definition) is 2. The van der Waals surface area contributed by atoms with Gasteiger partial charge in [0.1, 0.15) is 0 Å².